The van der Waals surface area contributed by atoms with E-state index in [0.717, 1.165) is 29.8 Å². The summed E-state index contributed by atoms with van der Waals surface area (Å²) in [6, 6.07) is 11.8. The Bertz CT molecular complexity index is 896. The van der Waals surface area contributed by atoms with Crippen molar-refractivity contribution in [1.82, 2.24) is 10.0 Å². The summed E-state index contributed by atoms with van der Waals surface area (Å²) in [6.45, 7) is -1.30. The van der Waals surface area contributed by atoms with Crippen LogP contribution in [0, 0.1) is 0 Å². The molecule has 1 amide bonds. The molecule has 2 aromatic rings. The first kappa shape index (κ1) is 21.7. The maximum Gasteiger partial charge on any atom is 0.405 e. The van der Waals surface area contributed by atoms with Crippen LogP contribution in [-0.4, -0.2) is 40.7 Å². The lowest BCUT2D eigenvalue weighted by Crippen LogP contribution is -2.33. The Balaban J connectivity index is 1.92. The smallest absolute Gasteiger partial charge is 0.405 e. The van der Waals surface area contributed by atoms with Crippen molar-refractivity contribution >= 4 is 15.9 Å². The van der Waals surface area contributed by atoms with Gasteiger partial charge in [-0.2, -0.15) is 13.2 Å². The fourth-order valence-corrected chi connectivity index (χ4v) is 3.31. The van der Waals surface area contributed by atoms with E-state index in [0.29, 0.717) is 12.2 Å². The summed E-state index contributed by atoms with van der Waals surface area (Å²) in [6.07, 6.45) is -4.06. The molecule has 10 heteroatoms. The number of hydrogen-bond donors (Lipinski definition) is 2. The highest BCUT2D eigenvalue weighted by Crippen LogP contribution is 2.15. The Hall–Kier alpha value is -2.59. The van der Waals surface area contributed by atoms with Gasteiger partial charge in [-0.25, -0.2) is 13.1 Å². The van der Waals surface area contributed by atoms with Crippen molar-refractivity contribution in [3.8, 4) is 5.75 Å². The molecule has 2 rings (SSSR count). The molecule has 2 N–H and O–H groups in total. The molecule has 0 unspecified atom stereocenters. The molecule has 0 spiro atoms. The van der Waals surface area contributed by atoms with Crippen LogP contribution in [-0.2, 0) is 16.4 Å². The molecule has 0 atom stereocenters. The van der Waals surface area contributed by atoms with E-state index in [9.17, 15) is 26.4 Å². The Kier molecular flexibility index (Phi) is 7.03. The van der Waals surface area contributed by atoms with Crippen molar-refractivity contribution in [2.24, 2.45) is 0 Å². The van der Waals surface area contributed by atoms with E-state index in [1.54, 1.807) is 24.6 Å². The summed E-state index contributed by atoms with van der Waals surface area (Å²) in [5.41, 5.74) is 0.849. The molecule has 152 valence electrons. The molecule has 0 aliphatic heterocycles. The second kappa shape index (κ2) is 9.07. The monoisotopic (exact) mass is 416 g/mol. The zero-order chi connectivity index (χ0) is 20.8. The summed E-state index contributed by atoms with van der Waals surface area (Å²) in [5, 5.41) is 1.72. The van der Waals surface area contributed by atoms with Gasteiger partial charge in [0.1, 0.15) is 12.3 Å². The van der Waals surface area contributed by atoms with Crippen LogP contribution in [0.5, 0.6) is 5.75 Å². The topological polar surface area (TPSA) is 84.5 Å². The number of sulfonamides is 1. The minimum Gasteiger partial charge on any atom is -0.497 e. The third-order valence-electron chi connectivity index (χ3n) is 3.74. The lowest BCUT2D eigenvalue weighted by atomic mass is 10.1. The number of nitrogens with one attached hydrogen (secondary N) is 2. The Labute approximate surface area is 160 Å². The van der Waals surface area contributed by atoms with Crippen molar-refractivity contribution in [2.75, 3.05) is 20.2 Å². The van der Waals surface area contributed by atoms with Gasteiger partial charge in [0, 0.05) is 12.1 Å². The summed E-state index contributed by atoms with van der Waals surface area (Å²) in [5.74, 6) is -0.238. The van der Waals surface area contributed by atoms with Gasteiger partial charge in [-0.3, -0.25) is 4.79 Å². The minimum absolute atomic E-state index is 0.0681. The SMILES string of the molecule is COc1ccc(CCNS(=O)(=O)c2ccc(C(=O)NCC(F)(F)F)cc2)cc1. The second-order valence-corrected chi connectivity index (χ2v) is 7.59. The maximum atomic E-state index is 12.3. The molecule has 0 saturated carbocycles. The van der Waals surface area contributed by atoms with E-state index in [-0.39, 0.29) is 17.0 Å². The van der Waals surface area contributed by atoms with Gasteiger partial charge in [-0.05, 0) is 48.4 Å². The average molecular weight is 416 g/mol. The molecule has 0 aliphatic carbocycles. The molecule has 6 nitrogen and oxygen atoms in total. The predicted octanol–water partition coefficient (Wildman–Crippen LogP) is 2.51. The number of benzene rings is 2. The molecular weight excluding hydrogens is 397 g/mol. The molecule has 0 saturated heterocycles. The van der Waals surface area contributed by atoms with Crippen molar-refractivity contribution in [3.63, 3.8) is 0 Å². The van der Waals surface area contributed by atoms with Crippen LogP contribution in [0.1, 0.15) is 15.9 Å². The highest BCUT2D eigenvalue weighted by Gasteiger charge is 2.28. The molecule has 0 aliphatic rings. The summed E-state index contributed by atoms with van der Waals surface area (Å²) < 4.78 is 68.4. The lowest BCUT2D eigenvalue weighted by molar-refractivity contribution is -0.123. The predicted molar refractivity (Wildman–Crippen MR) is 96.7 cm³/mol. The first-order valence-corrected chi connectivity index (χ1v) is 9.67. The van der Waals surface area contributed by atoms with Crippen LogP contribution in [0.15, 0.2) is 53.4 Å². The van der Waals surface area contributed by atoms with Gasteiger partial charge in [-0.15, -0.1) is 0 Å². The largest absolute Gasteiger partial charge is 0.497 e. The Morgan fingerprint density at radius 2 is 1.64 bits per heavy atom. The molecule has 0 heterocycles. The van der Waals surface area contributed by atoms with Gasteiger partial charge in [-0.1, -0.05) is 12.1 Å². The van der Waals surface area contributed by atoms with Crippen LogP contribution in [0.25, 0.3) is 0 Å². The van der Waals surface area contributed by atoms with Gasteiger partial charge in [0.15, 0.2) is 0 Å². The average Bonchev–Trinajstić information content (AvgIpc) is 2.66. The van der Waals surface area contributed by atoms with Gasteiger partial charge in [0.2, 0.25) is 10.0 Å². The highest BCUT2D eigenvalue weighted by atomic mass is 32.2. The van der Waals surface area contributed by atoms with Gasteiger partial charge >= 0.3 is 6.18 Å². The number of amides is 1. The van der Waals surface area contributed by atoms with E-state index >= 15 is 0 Å². The van der Waals surface area contributed by atoms with E-state index in [4.69, 9.17) is 4.74 Å². The molecule has 0 aromatic heterocycles. The minimum atomic E-state index is -4.52. The third kappa shape index (κ3) is 6.54. The molecule has 2 aromatic carbocycles. The van der Waals surface area contributed by atoms with Crippen LogP contribution in [0.2, 0.25) is 0 Å². The van der Waals surface area contributed by atoms with Gasteiger partial charge in [0.05, 0.1) is 12.0 Å². The number of alkyl halides is 3. The molecular formula is C18H19F3N2O4S. The van der Waals surface area contributed by atoms with Crippen molar-refractivity contribution < 1.29 is 31.1 Å². The van der Waals surface area contributed by atoms with Crippen molar-refractivity contribution in [1.29, 1.82) is 0 Å². The number of carbonyl (C=O) groups excluding carboxylic acids is 1. The van der Waals surface area contributed by atoms with Crippen LogP contribution >= 0.6 is 0 Å². The number of halogens is 3. The maximum absolute atomic E-state index is 12.3. The summed E-state index contributed by atoms with van der Waals surface area (Å²) >= 11 is 0. The zero-order valence-electron chi connectivity index (χ0n) is 14.9. The van der Waals surface area contributed by atoms with E-state index < -0.39 is 28.7 Å². The van der Waals surface area contributed by atoms with Crippen LogP contribution in [0.3, 0.4) is 0 Å². The molecule has 0 fully saturated rings. The zero-order valence-corrected chi connectivity index (χ0v) is 15.7. The highest BCUT2D eigenvalue weighted by molar-refractivity contribution is 7.89. The fourth-order valence-electron chi connectivity index (χ4n) is 2.27. The van der Waals surface area contributed by atoms with E-state index in [1.807, 2.05) is 12.1 Å². The Morgan fingerprint density at radius 3 is 2.18 bits per heavy atom. The second-order valence-electron chi connectivity index (χ2n) is 5.82. The fraction of sp³-hybridized carbons (Fsp3) is 0.278. The van der Waals surface area contributed by atoms with Crippen molar-refractivity contribution in [3.05, 3.63) is 59.7 Å². The first-order valence-electron chi connectivity index (χ1n) is 8.18. The quantitative estimate of drug-likeness (QED) is 0.693. The number of ether oxygens (including phenoxy) is 1. The molecule has 0 bridgehead atoms. The van der Waals surface area contributed by atoms with Crippen LogP contribution < -0.4 is 14.8 Å². The Morgan fingerprint density at radius 1 is 1.04 bits per heavy atom. The first-order chi connectivity index (χ1) is 13.1. The normalized spacial score (nSPS) is 11.9. The number of methoxy groups -OCH3 is 1. The number of hydrogen-bond acceptors (Lipinski definition) is 4. The van der Waals surface area contributed by atoms with Gasteiger partial charge < -0.3 is 10.1 Å². The standard InChI is InChI=1S/C18H19F3N2O4S/c1-27-15-6-2-13(3-7-15)10-11-23-28(25,26)16-8-4-14(5-9-16)17(24)22-12-18(19,20)21/h2-9,23H,10-12H2,1H3,(H,22,24). The lowest BCUT2D eigenvalue weighted by Gasteiger charge is -2.10. The third-order valence-corrected chi connectivity index (χ3v) is 5.22. The van der Waals surface area contributed by atoms with E-state index in [2.05, 4.69) is 4.72 Å². The summed E-state index contributed by atoms with van der Waals surface area (Å²) in [4.78, 5) is 11.6. The van der Waals surface area contributed by atoms with Crippen LogP contribution in [0.4, 0.5) is 13.2 Å². The summed E-state index contributed by atoms with van der Waals surface area (Å²) in [7, 11) is -2.26. The number of rotatable bonds is 8. The van der Waals surface area contributed by atoms with E-state index in [1.165, 1.54) is 0 Å². The molecule has 0 radical (unpaired) electrons. The molecule has 28 heavy (non-hydrogen) atoms. The van der Waals surface area contributed by atoms with Crippen molar-refractivity contribution in [2.45, 2.75) is 17.5 Å². The number of carbonyl (C=O) groups is 1. The van der Waals surface area contributed by atoms with Gasteiger partial charge in [0.25, 0.3) is 5.91 Å².